The maximum atomic E-state index is 10.6. The molecule has 0 aliphatic carbocycles. The Labute approximate surface area is 95.9 Å². The summed E-state index contributed by atoms with van der Waals surface area (Å²) in [5.74, 6) is 0.204. The topological polar surface area (TPSA) is 115 Å². The number of anilines is 1. The van der Waals surface area contributed by atoms with Crippen LogP contribution in [0.25, 0.3) is 0 Å². The zero-order chi connectivity index (χ0) is 12.1. The number of nitrogens with two attached hydrogens (primary N) is 1. The molecule has 9 heteroatoms. The van der Waals surface area contributed by atoms with Crippen molar-refractivity contribution in [3.05, 3.63) is 22.2 Å². The van der Waals surface area contributed by atoms with E-state index in [0.717, 1.165) is 0 Å². The van der Waals surface area contributed by atoms with E-state index in [-0.39, 0.29) is 16.7 Å². The number of rotatable bonds is 4. The molecule has 0 fully saturated rings. The lowest BCUT2D eigenvalue weighted by Crippen LogP contribution is -2.34. The van der Waals surface area contributed by atoms with Crippen molar-refractivity contribution in [3.8, 4) is 5.88 Å². The number of hydrazine groups is 1. The van der Waals surface area contributed by atoms with E-state index < -0.39 is 4.92 Å². The molecule has 1 heterocycles. The highest BCUT2D eigenvalue weighted by molar-refractivity contribution is 7.80. The van der Waals surface area contributed by atoms with Gasteiger partial charge in [-0.25, -0.2) is 0 Å². The van der Waals surface area contributed by atoms with Crippen LogP contribution in [0, 0.1) is 10.1 Å². The fourth-order valence-corrected chi connectivity index (χ4v) is 0.969. The molecular formula is C7H9N5O3S. The van der Waals surface area contributed by atoms with Crippen molar-refractivity contribution in [2.24, 2.45) is 5.73 Å². The van der Waals surface area contributed by atoms with Crippen molar-refractivity contribution in [1.82, 2.24) is 10.4 Å². The summed E-state index contributed by atoms with van der Waals surface area (Å²) in [5.41, 5.74) is 9.95. The maximum absolute atomic E-state index is 10.6. The second kappa shape index (κ2) is 5.07. The Bertz CT molecular complexity index is 424. The third kappa shape index (κ3) is 2.92. The van der Waals surface area contributed by atoms with Crippen LogP contribution in [0.15, 0.2) is 12.1 Å². The quantitative estimate of drug-likeness (QED) is 0.389. The lowest BCUT2D eigenvalue weighted by atomic mass is 10.4. The highest BCUT2D eigenvalue weighted by atomic mass is 32.1. The number of hydrogen-bond acceptors (Lipinski definition) is 6. The summed E-state index contributed by atoms with van der Waals surface area (Å²) >= 11 is 4.56. The average Bonchev–Trinajstić information content (AvgIpc) is 2.25. The number of ether oxygens (including phenoxy) is 1. The van der Waals surface area contributed by atoms with E-state index in [0.29, 0.717) is 5.82 Å². The van der Waals surface area contributed by atoms with Gasteiger partial charge < -0.3 is 10.5 Å². The monoisotopic (exact) mass is 243 g/mol. The number of methoxy groups -OCH3 is 1. The van der Waals surface area contributed by atoms with E-state index >= 15 is 0 Å². The summed E-state index contributed by atoms with van der Waals surface area (Å²) in [6.45, 7) is 0. The lowest BCUT2D eigenvalue weighted by Gasteiger charge is -2.07. The molecule has 1 aromatic heterocycles. The van der Waals surface area contributed by atoms with Gasteiger partial charge in [0.1, 0.15) is 5.82 Å². The second-order valence-electron chi connectivity index (χ2n) is 2.60. The molecule has 0 saturated carbocycles. The largest absolute Gasteiger partial charge is 0.476 e. The number of nitrogens with zero attached hydrogens (tertiary/aromatic N) is 2. The Kier molecular flexibility index (Phi) is 3.78. The molecule has 4 N–H and O–H groups in total. The van der Waals surface area contributed by atoms with Crippen LogP contribution >= 0.6 is 12.2 Å². The molecule has 0 radical (unpaired) electrons. The first kappa shape index (κ1) is 11.9. The van der Waals surface area contributed by atoms with E-state index in [1.54, 1.807) is 0 Å². The Morgan fingerprint density at radius 3 is 2.88 bits per heavy atom. The molecule has 1 rings (SSSR count). The van der Waals surface area contributed by atoms with E-state index in [2.05, 4.69) is 28.1 Å². The van der Waals surface area contributed by atoms with Gasteiger partial charge in [-0.05, 0) is 18.3 Å². The zero-order valence-electron chi connectivity index (χ0n) is 8.26. The SMILES string of the molecule is COc1nc(NNC(N)=S)ccc1[N+](=O)[O-]. The fraction of sp³-hybridized carbons (Fsp3) is 0.143. The van der Waals surface area contributed by atoms with Crippen LogP contribution in [0.3, 0.4) is 0 Å². The normalized spacial score (nSPS) is 9.31. The minimum absolute atomic E-state index is 0.0270. The number of aromatic nitrogens is 1. The number of hydrogen-bond donors (Lipinski definition) is 3. The molecule has 0 aliphatic heterocycles. The van der Waals surface area contributed by atoms with Crippen LogP contribution < -0.4 is 21.3 Å². The number of pyridine rings is 1. The van der Waals surface area contributed by atoms with Gasteiger partial charge >= 0.3 is 5.69 Å². The summed E-state index contributed by atoms with van der Waals surface area (Å²) in [4.78, 5) is 13.8. The number of thiocarbonyl (C=S) groups is 1. The van der Waals surface area contributed by atoms with Gasteiger partial charge in [0.15, 0.2) is 5.11 Å². The summed E-state index contributed by atoms with van der Waals surface area (Å²) in [7, 11) is 1.29. The molecule has 0 atom stereocenters. The van der Waals surface area contributed by atoms with Crippen LogP contribution in [0.5, 0.6) is 5.88 Å². The Morgan fingerprint density at radius 2 is 2.38 bits per heavy atom. The first-order valence-corrected chi connectivity index (χ1v) is 4.46. The number of nitrogens with one attached hydrogen (secondary N) is 2. The van der Waals surface area contributed by atoms with Crippen molar-refractivity contribution < 1.29 is 9.66 Å². The van der Waals surface area contributed by atoms with Gasteiger partial charge in [-0.1, -0.05) is 0 Å². The molecule has 0 unspecified atom stereocenters. The highest BCUT2D eigenvalue weighted by Gasteiger charge is 2.16. The lowest BCUT2D eigenvalue weighted by molar-refractivity contribution is -0.386. The molecule has 0 aliphatic rings. The molecule has 0 spiro atoms. The van der Waals surface area contributed by atoms with Crippen molar-refractivity contribution in [1.29, 1.82) is 0 Å². The van der Waals surface area contributed by atoms with Crippen molar-refractivity contribution in [3.63, 3.8) is 0 Å². The van der Waals surface area contributed by atoms with E-state index in [1.165, 1.54) is 19.2 Å². The standard InChI is InChI=1S/C7H9N5O3S/c1-15-6-4(12(13)14)2-3-5(9-6)10-11-7(8)16/h2-3H,1H3,(H,9,10)(H3,8,11,16). The van der Waals surface area contributed by atoms with Gasteiger partial charge in [0.2, 0.25) is 0 Å². The van der Waals surface area contributed by atoms with Crippen molar-refractivity contribution in [2.45, 2.75) is 0 Å². The third-order valence-electron chi connectivity index (χ3n) is 1.54. The van der Waals surface area contributed by atoms with Gasteiger partial charge in [-0.15, -0.1) is 0 Å². The molecule has 0 amide bonds. The van der Waals surface area contributed by atoms with E-state index in [1.807, 2.05) is 0 Å². The second-order valence-corrected chi connectivity index (χ2v) is 3.04. The van der Waals surface area contributed by atoms with Crippen molar-refractivity contribution in [2.75, 3.05) is 12.5 Å². The number of nitro groups is 1. The van der Waals surface area contributed by atoms with Crippen LogP contribution in [0.2, 0.25) is 0 Å². The first-order valence-electron chi connectivity index (χ1n) is 4.05. The van der Waals surface area contributed by atoms with Gasteiger partial charge in [-0.3, -0.25) is 21.0 Å². The Morgan fingerprint density at radius 1 is 1.69 bits per heavy atom. The van der Waals surface area contributed by atoms with Gasteiger partial charge in [0.05, 0.1) is 12.0 Å². The zero-order valence-corrected chi connectivity index (χ0v) is 9.08. The first-order chi connectivity index (χ1) is 7.54. The Balaban J connectivity index is 2.90. The average molecular weight is 243 g/mol. The highest BCUT2D eigenvalue weighted by Crippen LogP contribution is 2.25. The smallest absolute Gasteiger partial charge is 0.331 e. The molecule has 1 aromatic rings. The summed E-state index contributed by atoms with van der Waals surface area (Å²) in [6.07, 6.45) is 0. The molecule has 0 saturated heterocycles. The molecule has 0 aromatic carbocycles. The summed E-state index contributed by atoms with van der Waals surface area (Å²) in [6, 6.07) is 2.65. The molecular weight excluding hydrogens is 234 g/mol. The predicted octanol–water partition coefficient (Wildman–Crippen LogP) is 0.158. The van der Waals surface area contributed by atoms with Crippen LogP contribution in [0.4, 0.5) is 11.5 Å². The summed E-state index contributed by atoms with van der Waals surface area (Å²) < 4.78 is 4.77. The van der Waals surface area contributed by atoms with Crippen molar-refractivity contribution >= 4 is 28.8 Å². The van der Waals surface area contributed by atoms with E-state index in [4.69, 9.17) is 10.5 Å². The molecule has 0 bridgehead atoms. The van der Waals surface area contributed by atoms with E-state index in [9.17, 15) is 10.1 Å². The van der Waals surface area contributed by atoms with Crippen LogP contribution in [-0.4, -0.2) is 22.1 Å². The van der Waals surface area contributed by atoms with Crippen LogP contribution in [0.1, 0.15) is 0 Å². The minimum atomic E-state index is -0.587. The van der Waals surface area contributed by atoms with Gasteiger partial charge in [0.25, 0.3) is 5.88 Å². The molecule has 86 valence electrons. The predicted molar refractivity (Wildman–Crippen MR) is 61.0 cm³/mol. The van der Waals surface area contributed by atoms with Crippen LogP contribution in [-0.2, 0) is 0 Å². The van der Waals surface area contributed by atoms with Gasteiger partial charge in [-0.2, -0.15) is 4.98 Å². The minimum Gasteiger partial charge on any atom is -0.476 e. The summed E-state index contributed by atoms with van der Waals surface area (Å²) in [5, 5.41) is 10.6. The fourth-order valence-electron chi connectivity index (χ4n) is 0.918. The van der Waals surface area contributed by atoms with Gasteiger partial charge in [0, 0.05) is 6.07 Å². The molecule has 8 nitrogen and oxygen atoms in total. The molecule has 16 heavy (non-hydrogen) atoms. The third-order valence-corrected chi connectivity index (χ3v) is 1.65. The maximum Gasteiger partial charge on any atom is 0.331 e. The Hall–Kier alpha value is -2.16.